The first-order valence-corrected chi connectivity index (χ1v) is 11.0. The number of ether oxygens (including phenoxy) is 1. The summed E-state index contributed by atoms with van der Waals surface area (Å²) in [6, 6.07) is 16.2. The Morgan fingerprint density at radius 3 is 2.61 bits per heavy atom. The highest BCUT2D eigenvalue weighted by Gasteiger charge is 2.19. The van der Waals surface area contributed by atoms with Gasteiger partial charge < -0.3 is 9.64 Å². The quantitative estimate of drug-likeness (QED) is 0.435. The Labute approximate surface area is 182 Å². The molecule has 8 nitrogen and oxygen atoms in total. The molecule has 6 rings (SSSR count). The molecule has 0 bridgehead atoms. The van der Waals surface area contributed by atoms with Gasteiger partial charge in [-0.15, -0.1) is 11.3 Å². The molecule has 0 spiro atoms. The van der Waals surface area contributed by atoms with Crippen molar-refractivity contribution in [3.05, 3.63) is 66.3 Å². The second-order valence-corrected chi connectivity index (χ2v) is 8.11. The number of fused-ring (bicyclic) bond motifs is 1. The number of hydrogen-bond acceptors (Lipinski definition) is 7. The first-order chi connectivity index (χ1) is 15.3. The molecule has 0 unspecified atom stereocenters. The van der Waals surface area contributed by atoms with Crippen molar-refractivity contribution in [3.63, 3.8) is 0 Å². The molecule has 31 heavy (non-hydrogen) atoms. The predicted octanol–water partition coefficient (Wildman–Crippen LogP) is 3.54. The van der Waals surface area contributed by atoms with Gasteiger partial charge in [-0.25, -0.2) is 14.6 Å². The summed E-state index contributed by atoms with van der Waals surface area (Å²) in [4.78, 5) is 11.5. The van der Waals surface area contributed by atoms with Crippen LogP contribution in [0.2, 0.25) is 0 Å². The number of rotatable bonds is 4. The molecular weight excluding hydrogens is 410 g/mol. The summed E-state index contributed by atoms with van der Waals surface area (Å²) >= 11 is 1.57. The Kier molecular flexibility index (Phi) is 4.47. The van der Waals surface area contributed by atoms with Crippen molar-refractivity contribution in [2.45, 2.75) is 0 Å². The van der Waals surface area contributed by atoms with Crippen LogP contribution < -0.4 is 4.90 Å². The second kappa shape index (κ2) is 7.60. The zero-order valence-corrected chi connectivity index (χ0v) is 17.4. The van der Waals surface area contributed by atoms with Crippen LogP contribution in [-0.4, -0.2) is 55.7 Å². The van der Waals surface area contributed by atoms with Crippen LogP contribution in [0.4, 0.5) is 5.82 Å². The van der Waals surface area contributed by atoms with Crippen molar-refractivity contribution >= 4 is 22.8 Å². The fourth-order valence-corrected chi connectivity index (χ4v) is 4.34. The van der Waals surface area contributed by atoms with E-state index in [0.717, 1.165) is 52.3 Å². The van der Waals surface area contributed by atoms with Crippen molar-refractivity contribution < 1.29 is 4.74 Å². The van der Waals surface area contributed by atoms with E-state index in [1.807, 2.05) is 57.2 Å². The Morgan fingerprint density at radius 2 is 1.81 bits per heavy atom. The maximum atomic E-state index is 5.55. The van der Waals surface area contributed by atoms with Crippen molar-refractivity contribution in [2.75, 3.05) is 31.2 Å². The number of aromatic nitrogens is 6. The van der Waals surface area contributed by atoms with Crippen molar-refractivity contribution in [2.24, 2.45) is 0 Å². The number of benzene rings is 1. The Balaban J connectivity index is 1.48. The summed E-state index contributed by atoms with van der Waals surface area (Å²) in [5.74, 6) is 1.73. The summed E-state index contributed by atoms with van der Waals surface area (Å²) in [5, 5.41) is 12.4. The number of hydrogen-bond donors (Lipinski definition) is 0. The highest BCUT2D eigenvalue weighted by Crippen LogP contribution is 2.27. The lowest BCUT2D eigenvalue weighted by Gasteiger charge is -2.29. The fourth-order valence-electron chi connectivity index (χ4n) is 3.75. The molecule has 5 aromatic rings. The van der Waals surface area contributed by atoms with Crippen LogP contribution in [-0.2, 0) is 4.74 Å². The fraction of sp³-hybridized carbons (Fsp3) is 0.182. The van der Waals surface area contributed by atoms with Crippen LogP contribution in [0, 0.1) is 0 Å². The Hall–Kier alpha value is -3.56. The van der Waals surface area contributed by atoms with E-state index in [1.165, 1.54) is 0 Å². The smallest absolute Gasteiger partial charge is 0.160 e. The van der Waals surface area contributed by atoms with Crippen molar-refractivity contribution in [3.8, 4) is 27.8 Å². The van der Waals surface area contributed by atoms with Gasteiger partial charge >= 0.3 is 0 Å². The van der Waals surface area contributed by atoms with Gasteiger partial charge in [0.25, 0.3) is 0 Å². The number of thiazole rings is 1. The first kappa shape index (κ1) is 18.2. The number of nitrogens with zero attached hydrogens (tertiary/aromatic N) is 7. The first-order valence-electron chi connectivity index (χ1n) is 10.1. The summed E-state index contributed by atoms with van der Waals surface area (Å²) in [7, 11) is 0. The zero-order valence-electron chi connectivity index (χ0n) is 16.6. The van der Waals surface area contributed by atoms with E-state index in [9.17, 15) is 0 Å². The van der Waals surface area contributed by atoms with Gasteiger partial charge in [-0.3, -0.25) is 0 Å². The van der Waals surface area contributed by atoms with E-state index in [-0.39, 0.29) is 0 Å². The maximum absolute atomic E-state index is 5.55. The van der Waals surface area contributed by atoms with E-state index in [0.29, 0.717) is 13.2 Å². The Morgan fingerprint density at radius 1 is 0.935 bits per heavy atom. The molecule has 1 saturated heterocycles. The third-order valence-electron chi connectivity index (χ3n) is 5.27. The average molecular weight is 430 g/mol. The van der Waals surface area contributed by atoms with Crippen LogP contribution in [0.25, 0.3) is 33.4 Å². The molecule has 5 heterocycles. The summed E-state index contributed by atoms with van der Waals surface area (Å²) in [6.45, 7) is 3.00. The third kappa shape index (κ3) is 3.37. The van der Waals surface area contributed by atoms with Crippen LogP contribution >= 0.6 is 11.3 Å². The molecule has 1 fully saturated rings. The molecule has 0 N–H and O–H groups in total. The summed E-state index contributed by atoms with van der Waals surface area (Å²) < 4.78 is 9.27. The van der Waals surface area contributed by atoms with E-state index in [1.54, 1.807) is 17.5 Å². The molecule has 0 saturated carbocycles. The van der Waals surface area contributed by atoms with Gasteiger partial charge in [0.05, 0.1) is 18.9 Å². The molecule has 1 aliphatic heterocycles. The zero-order chi connectivity index (χ0) is 20.6. The summed E-state index contributed by atoms with van der Waals surface area (Å²) in [5.41, 5.74) is 3.57. The van der Waals surface area contributed by atoms with Crippen LogP contribution in [0.1, 0.15) is 0 Å². The second-order valence-electron chi connectivity index (χ2n) is 7.22. The normalized spacial score (nSPS) is 14.4. The number of morpholine rings is 1. The van der Waals surface area contributed by atoms with E-state index >= 15 is 0 Å². The molecule has 4 aromatic heterocycles. The van der Waals surface area contributed by atoms with Gasteiger partial charge in [0.1, 0.15) is 16.5 Å². The summed E-state index contributed by atoms with van der Waals surface area (Å²) in [6.07, 6.45) is 3.74. The molecule has 1 aliphatic rings. The minimum atomic E-state index is 0.694. The molecule has 154 valence electrons. The van der Waals surface area contributed by atoms with Gasteiger partial charge in [-0.1, -0.05) is 30.3 Å². The minimum absolute atomic E-state index is 0.694. The van der Waals surface area contributed by atoms with Crippen LogP contribution in [0.5, 0.6) is 0 Å². The lowest BCUT2D eigenvalue weighted by Crippen LogP contribution is -2.37. The molecule has 0 radical (unpaired) electrons. The molecule has 0 amide bonds. The molecule has 0 atom stereocenters. The van der Waals surface area contributed by atoms with Crippen molar-refractivity contribution in [1.29, 1.82) is 0 Å². The lowest BCUT2D eigenvalue weighted by atomic mass is 10.2. The Bertz CT molecular complexity index is 1320. The molecule has 1 aromatic carbocycles. The molecule has 9 heteroatoms. The van der Waals surface area contributed by atoms with Gasteiger partial charge in [-0.05, 0) is 6.07 Å². The van der Waals surface area contributed by atoms with Gasteiger partial charge in [0.2, 0.25) is 0 Å². The van der Waals surface area contributed by atoms with Gasteiger partial charge in [0, 0.05) is 48.6 Å². The van der Waals surface area contributed by atoms with E-state index < -0.39 is 0 Å². The monoisotopic (exact) mass is 429 g/mol. The van der Waals surface area contributed by atoms with Gasteiger partial charge in [0.15, 0.2) is 11.5 Å². The SMILES string of the molecule is c1ccc(-c2ccn(-c3cc(N4CCOCC4)n4nc(-c5nccs5)cc4n3)n2)cc1. The van der Waals surface area contributed by atoms with E-state index in [2.05, 4.69) is 22.0 Å². The third-order valence-corrected chi connectivity index (χ3v) is 6.07. The highest BCUT2D eigenvalue weighted by molar-refractivity contribution is 7.13. The maximum Gasteiger partial charge on any atom is 0.160 e. The van der Waals surface area contributed by atoms with Crippen LogP contribution in [0.15, 0.2) is 66.3 Å². The largest absolute Gasteiger partial charge is 0.378 e. The van der Waals surface area contributed by atoms with Crippen molar-refractivity contribution in [1.82, 2.24) is 29.4 Å². The minimum Gasteiger partial charge on any atom is -0.378 e. The topological polar surface area (TPSA) is 73.4 Å². The van der Waals surface area contributed by atoms with Crippen LogP contribution in [0.3, 0.4) is 0 Å². The van der Waals surface area contributed by atoms with Gasteiger partial charge in [-0.2, -0.15) is 14.7 Å². The molecule has 0 aliphatic carbocycles. The predicted molar refractivity (Wildman–Crippen MR) is 120 cm³/mol. The number of anilines is 1. The standard InChI is InChI=1S/C22H19N7OS/c1-2-4-16(5-3-1)17-6-8-28(25-17)19-15-21(27-9-11-30-12-10-27)29-20(24-19)14-18(26-29)22-23-7-13-31-22/h1-8,13-15H,9-12H2. The van der Waals surface area contributed by atoms with E-state index in [4.69, 9.17) is 19.9 Å². The average Bonchev–Trinajstić information content (AvgIpc) is 3.60. The molecular formula is C22H19N7OS. The highest BCUT2D eigenvalue weighted by atomic mass is 32.1. The lowest BCUT2D eigenvalue weighted by molar-refractivity contribution is 0.122.